The highest BCUT2D eigenvalue weighted by Gasteiger charge is 2.24. The quantitative estimate of drug-likeness (QED) is 0.882. The molecular weight excluding hydrogens is 287 g/mol. The highest BCUT2D eigenvalue weighted by molar-refractivity contribution is 7.80. The molecule has 0 aliphatic rings. The highest BCUT2D eigenvalue weighted by Crippen LogP contribution is 2.30. The van der Waals surface area contributed by atoms with E-state index >= 15 is 0 Å². The smallest absolute Gasteiger partial charge is 0.137 e. The normalized spacial score (nSPS) is 12.2. The molecule has 6 heteroatoms. The van der Waals surface area contributed by atoms with Crippen molar-refractivity contribution < 1.29 is 4.39 Å². The third-order valence-corrected chi connectivity index (χ3v) is 3.91. The first kappa shape index (κ1) is 15.4. The number of thiocarbonyl (C=S) groups is 1. The van der Waals surface area contributed by atoms with Crippen LogP contribution < -0.4 is 10.6 Å². The molecule has 2 N–H and O–H groups in total. The van der Waals surface area contributed by atoms with Crippen LogP contribution in [0.3, 0.4) is 0 Å². The Bertz CT molecular complexity index is 680. The maximum atomic E-state index is 14.0. The van der Waals surface area contributed by atoms with Gasteiger partial charge < -0.3 is 10.6 Å². The van der Waals surface area contributed by atoms with Crippen LogP contribution in [0.5, 0.6) is 0 Å². The predicted octanol–water partition coefficient (Wildman–Crippen LogP) is 2.70. The van der Waals surface area contributed by atoms with E-state index in [1.54, 1.807) is 16.8 Å². The van der Waals surface area contributed by atoms with Gasteiger partial charge >= 0.3 is 0 Å². The molecule has 1 unspecified atom stereocenters. The van der Waals surface area contributed by atoms with Gasteiger partial charge in [-0.25, -0.2) is 4.39 Å². The molecule has 0 spiro atoms. The Labute approximate surface area is 129 Å². The highest BCUT2D eigenvalue weighted by atomic mass is 32.1. The monoisotopic (exact) mass is 306 g/mol. The van der Waals surface area contributed by atoms with E-state index in [-0.39, 0.29) is 11.9 Å². The molecule has 0 aliphatic carbocycles. The van der Waals surface area contributed by atoms with Crippen molar-refractivity contribution in [3.63, 3.8) is 0 Å². The van der Waals surface area contributed by atoms with Gasteiger partial charge in [-0.1, -0.05) is 30.4 Å². The molecule has 0 bridgehead atoms. The van der Waals surface area contributed by atoms with Gasteiger partial charge in [-0.05, 0) is 19.9 Å². The molecule has 1 aromatic carbocycles. The first-order valence-electron chi connectivity index (χ1n) is 6.65. The lowest BCUT2D eigenvalue weighted by atomic mass is 10.1. The average molecular weight is 306 g/mol. The number of aromatic nitrogens is 2. The van der Waals surface area contributed by atoms with Crippen LogP contribution in [0.25, 0.3) is 0 Å². The van der Waals surface area contributed by atoms with Crippen molar-refractivity contribution >= 4 is 23.0 Å². The van der Waals surface area contributed by atoms with E-state index in [9.17, 15) is 4.39 Å². The standard InChI is InChI=1S/C15H19FN4S/c1-9-13(14(17)21)15(20(4)18-9)19(3)10(2)11-7-5-6-8-12(11)16/h5-8,10H,1-4H3,(H2,17,21). The summed E-state index contributed by atoms with van der Waals surface area (Å²) in [6.45, 7) is 3.80. The Morgan fingerprint density at radius 1 is 1.43 bits per heavy atom. The molecule has 0 fully saturated rings. The topological polar surface area (TPSA) is 47.1 Å². The Morgan fingerprint density at radius 3 is 2.62 bits per heavy atom. The van der Waals surface area contributed by atoms with Gasteiger partial charge in [0.15, 0.2) is 0 Å². The number of nitrogens with two attached hydrogens (primary N) is 1. The van der Waals surface area contributed by atoms with Crippen molar-refractivity contribution in [1.29, 1.82) is 0 Å². The number of aryl methyl sites for hydroxylation is 2. The molecule has 0 saturated heterocycles. The summed E-state index contributed by atoms with van der Waals surface area (Å²) < 4.78 is 15.7. The molecule has 0 amide bonds. The third kappa shape index (κ3) is 2.76. The molecule has 4 nitrogen and oxygen atoms in total. The van der Waals surface area contributed by atoms with Gasteiger partial charge in [-0.15, -0.1) is 0 Å². The Hall–Kier alpha value is -1.95. The van der Waals surface area contributed by atoms with Crippen LogP contribution in [0.1, 0.15) is 29.8 Å². The number of anilines is 1. The maximum Gasteiger partial charge on any atom is 0.137 e. The largest absolute Gasteiger partial charge is 0.389 e. The molecule has 1 atom stereocenters. The van der Waals surface area contributed by atoms with Gasteiger partial charge in [0.25, 0.3) is 0 Å². The lowest BCUT2D eigenvalue weighted by Crippen LogP contribution is -2.27. The zero-order valence-corrected chi connectivity index (χ0v) is 13.4. The number of benzene rings is 1. The summed E-state index contributed by atoms with van der Waals surface area (Å²) in [7, 11) is 3.71. The minimum Gasteiger partial charge on any atom is -0.389 e. The van der Waals surface area contributed by atoms with E-state index in [4.69, 9.17) is 18.0 Å². The van der Waals surface area contributed by atoms with E-state index in [1.165, 1.54) is 6.07 Å². The summed E-state index contributed by atoms with van der Waals surface area (Å²) in [4.78, 5) is 2.23. The number of hydrogen-bond donors (Lipinski definition) is 1. The summed E-state index contributed by atoms with van der Waals surface area (Å²) in [5, 5.41) is 4.37. The first-order chi connectivity index (χ1) is 9.84. The second-order valence-electron chi connectivity index (χ2n) is 5.08. The zero-order chi connectivity index (χ0) is 15.7. The van der Waals surface area contributed by atoms with Crippen LogP contribution in [0.4, 0.5) is 10.2 Å². The lowest BCUT2D eigenvalue weighted by Gasteiger charge is -2.28. The number of nitrogens with zero attached hydrogens (tertiary/aromatic N) is 3. The van der Waals surface area contributed by atoms with Crippen LogP contribution in [0, 0.1) is 12.7 Å². The van der Waals surface area contributed by atoms with Gasteiger partial charge in [0.1, 0.15) is 16.6 Å². The summed E-state index contributed by atoms with van der Waals surface area (Å²) in [5.74, 6) is 0.559. The fraction of sp³-hybridized carbons (Fsp3) is 0.333. The van der Waals surface area contributed by atoms with Crippen molar-refractivity contribution in [1.82, 2.24) is 9.78 Å². The van der Waals surface area contributed by atoms with Crippen molar-refractivity contribution in [2.75, 3.05) is 11.9 Å². The molecule has 0 radical (unpaired) electrons. The lowest BCUT2D eigenvalue weighted by molar-refractivity contribution is 0.579. The SMILES string of the molecule is Cc1nn(C)c(N(C)C(C)c2ccccc2F)c1C(N)=S. The zero-order valence-electron chi connectivity index (χ0n) is 12.6. The average Bonchev–Trinajstić information content (AvgIpc) is 2.72. The van der Waals surface area contributed by atoms with Crippen LogP contribution in [-0.4, -0.2) is 21.8 Å². The maximum absolute atomic E-state index is 14.0. The van der Waals surface area contributed by atoms with E-state index in [1.807, 2.05) is 38.9 Å². The Morgan fingerprint density at radius 2 is 2.05 bits per heavy atom. The molecule has 21 heavy (non-hydrogen) atoms. The van der Waals surface area contributed by atoms with E-state index in [0.717, 1.165) is 17.1 Å². The van der Waals surface area contributed by atoms with Crippen molar-refractivity contribution in [3.8, 4) is 0 Å². The van der Waals surface area contributed by atoms with Crippen molar-refractivity contribution in [3.05, 3.63) is 46.9 Å². The van der Waals surface area contributed by atoms with Crippen LogP contribution >= 0.6 is 12.2 Å². The van der Waals surface area contributed by atoms with Crippen molar-refractivity contribution in [2.45, 2.75) is 19.9 Å². The van der Waals surface area contributed by atoms with Crippen LogP contribution in [-0.2, 0) is 7.05 Å². The van der Waals surface area contributed by atoms with Crippen molar-refractivity contribution in [2.24, 2.45) is 12.8 Å². The second-order valence-corrected chi connectivity index (χ2v) is 5.52. The molecule has 1 aromatic heterocycles. The van der Waals surface area contributed by atoms with Gasteiger partial charge in [0.2, 0.25) is 0 Å². The van der Waals surface area contributed by atoms with E-state index in [2.05, 4.69) is 5.10 Å². The van der Waals surface area contributed by atoms with E-state index < -0.39 is 0 Å². The fourth-order valence-electron chi connectivity index (χ4n) is 2.55. The second kappa shape index (κ2) is 5.81. The Balaban J connectivity index is 2.48. The molecule has 2 aromatic rings. The van der Waals surface area contributed by atoms with Gasteiger partial charge in [-0.2, -0.15) is 5.10 Å². The minimum absolute atomic E-state index is 0.172. The van der Waals surface area contributed by atoms with Gasteiger partial charge in [-0.3, -0.25) is 4.68 Å². The molecule has 0 aliphatic heterocycles. The fourth-order valence-corrected chi connectivity index (χ4v) is 2.78. The minimum atomic E-state index is -0.229. The summed E-state index contributed by atoms with van der Waals surface area (Å²) in [5.41, 5.74) is 7.94. The van der Waals surface area contributed by atoms with Crippen LogP contribution in [0.15, 0.2) is 24.3 Å². The third-order valence-electron chi connectivity index (χ3n) is 3.71. The summed E-state index contributed by atoms with van der Waals surface area (Å²) >= 11 is 5.12. The van der Waals surface area contributed by atoms with Crippen LogP contribution in [0.2, 0.25) is 0 Å². The summed E-state index contributed by atoms with van der Waals surface area (Å²) in [6.07, 6.45) is 0. The van der Waals surface area contributed by atoms with E-state index in [0.29, 0.717) is 10.6 Å². The summed E-state index contributed by atoms with van der Waals surface area (Å²) in [6, 6.07) is 6.57. The number of rotatable bonds is 4. The van der Waals surface area contributed by atoms with Gasteiger partial charge in [0.05, 0.1) is 17.3 Å². The first-order valence-corrected chi connectivity index (χ1v) is 7.06. The molecular formula is C15H19FN4S. The Kier molecular flexibility index (Phi) is 4.27. The molecule has 0 saturated carbocycles. The predicted molar refractivity (Wildman–Crippen MR) is 87.1 cm³/mol. The molecule has 112 valence electrons. The van der Waals surface area contributed by atoms with Gasteiger partial charge in [0, 0.05) is 19.7 Å². The molecule has 2 rings (SSSR count). The number of hydrogen-bond acceptors (Lipinski definition) is 3. The molecule has 1 heterocycles. The number of halogens is 1.